The molecule has 0 amide bonds. The van der Waals surface area contributed by atoms with E-state index in [0.29, 0.717) is 12.8 Å². The quantitative estimate of drug-likeness (QED) is 0.502. The van der Waals surface area contributed by atoms with E-state index in [1.54, 1.807) is 0 Å². The first kappa shape index (κ1) is 18.1. The first-order valence-electron chi connectivity index (χ1n) is 6.41. The van der Waals surface area contributed by atoms with Gasteiger partial charge in [0, 0.05) is 5.92 Å². The van der Waals surface area contributed by atoms with Crippen molar-refractivity contribution in [2.45, 2.75) is 18.8 Å². The molecule has 0 aliphatic carbocycles. The molecule has 0 heterocycles. The molecule has 1 unspecified atom stereocenters. The lowest BCUT2D eigenvalue weighted by Gasteiger charge is -2.16. The second-order valence-corrected chi connectivity index (χ2v) is 8.05. The van der Waals surface area contributed by atoms with Crippen LogP contribution in [0.1, 0.15) is 24.3 Å². The van der Waals surface area contributed by atoms with Crippen LogP contribution in [0.25, 0.3) is 0 Å². The smallest absolute Gasteiger partial charge is 0.264 e. The van der Waals surface area contributed by atoms with Gasteiger partial charge in [-0.25, -0.2) is 0 Å². The van der Waals surface area contributed by atoms with Gasteiger partial charge in [-0.15, -0.1) is 0 Å². The van der Waals surface area contributed by atoms with Crippen LogP contribution in [0.2, 0.25) is 0 Å². The summed E-state index contributed by atoms with van der Waals surface area (Å²) in [5, 5.41) is 0. The Bertz CT molecular complexity index is 622. The molecule has 1 atom stereocenters. The van der Waals surface area contributed by atoms with E-state index in [1.165, 1.54) is 0 Å². The van der Waals surface area contributed by atoms with E-state index in [9.17, 15) is 16.8 Å². The fraction of sp³-hybridized carbons (Fsp3) is 0.538. The summed E-state index contributed by atoms with van der Waals surface area (Å²) >= 11 is 0. The van der Waals surface area contributed by atoms with E-state index in [2.05, 4.69) is 4.18 Å². The summed E-state index contributed by atoms with van der Waals surface area (Å²) in [5.41, 5.74) is 0.945. The molecule has 8 heteroatoms. The number of hydrogen-bond donors (Lipinski definition) is 0. The summed E-state index contributed by atoms with van der Waals surface area (Å²) in [6.45, 7) is 0.1000. The van der Waals surface area contributed by atoms with Crippen molar-refractivity contribution >= 4 is 20.2 Å². The van der Waals surface area contributed by atoms with Gasteiger partial charge in [0.15, 0.2) is 0 Å². The van der Waals surface area contributed by atoms with Gasteiger partial charge in [0.05, 0.1) is 25.7 Å². The molecule has 1 aromatic carbocycles. The number of rotatable bonds is 9. The maximum Gasteiger partial charge on any atom is 0.264 e. The molecule has 0 aliphatic heterocycles. The van der Waals surface area contributed by atoms with Crippen LogP contribution < -0.4 is 0 Å². The van der Waals surface area contributed by atoms with Crippen molar-refractivity contribution < 1.29 is 25.2 Å². The number of benzene rings is 1. The summed E-state index contributed by atoms with van der Waals surface area (Å²) in [4.78, 5) is 0. The monoisotopic (exact) mass is 336 g/mol. The average molecular weight is 336 g/mol. The van der Waals surface area contributed by atoms with Gasteiger partial charge in [-0.05, 0) is 18.4 Å². The zero-order chi connectivity index (χ0) is 15.9. The zero-order valence-corrected chi connectivity index (χ0v) is 13.7. The number of hydrogen-bond acceptors (Lipinski definition) is 6. The third-order valence-corrected chi connectivity index (χ3v) is 3.91. The predicted octanol–water partition coefficient (Wildman–Crippen LogP) is 1.50. The van der Waals surface area contributed by atoms with Crippen molar-refractivity contribution in [2.75, 3.05) is 25.7 Å². The molecular weight excluding hydrogens is 316 g/mol. The fourth-order valence-electron chi connectivity index (χ4n) is 1.82. The summed E-state index contributed by atoms with van der Waals surface area (Å²) in [6, 6.07) is 9.35. The molecule has 0 saturated carbocycles. The Labute approximate surface area is 126 Å². The molecule has 21 heavy (non-hydrogen) atoms. The standard InChI is InChI=1S/C13H20O6S2/c1-20(14,15)18-10-6-9-13(11-19-21(2,16)17)12-7-4-3-5-8-12/h3-5,7-8,13H,6,9-11H2,1-2H3. The van der Waals surface area contributed by atoms with Gasteiger partial charge < -0.3 is 0 Å². The van der Waals surface area contributed by atoms with Gasteiger partial charge >= 0.3 is 0 Å². The van der Waals surface area contributed by atoms with E-state index >= 15 is 0 Å². The summed E-state index contributed by atoms with van der Waals surface area (Å²) in [5.74, 6) is -0.135. The summed E-state index contributed by atoms with van der Waals surface area (Å²) in [6.07, 6.45) is 3.05. The molecule has 0 radical (unpaired) electrons. The van der Waals surface area contributed by atoms with Gasteiger partial charge in [-0.2, -0.15) is 16.8 Å². The third-order valence-electron chi connectivity index (χ3n) is 2.75. The van der Waals surface area contributed by atoms with E-state index in [0.717, 1.165) is 18.1 Å². The van der Waals surface area contributed by atoms with Crippen LogP contribution in [-0.4, -0.2) is 42.6 Å². The molecule has 1 rings (SSSR count). The van der Waals surface area contributed by atoms with Crippen molar-refractivity contribution in [3.05, 3.63) is 35.9 Å². The molecule has 0 N–H and O–H groups in total. The van der Waals surface area contributed by atoms with Gasteiger partial charge in [0.1, 0.15) is 0 Å². The fourth-order valence-corrected chi connectivity index (χ4v) is 2.65. The first-order chi connectivity index (χ1) is 9.67. The van der Waals surface area contributed by atoms with Gasteiger partial charge in [0.2, 0.25) is 0 Å². The molecular formula is C13H20O6S2. The minimum atomic E-state index is -3.51. The Morgan fingerprint density at radius 3 is 2.05 bits per heavy atom. The van der Waals surface area contributed by atoms with Crippen LogP contribution in [0.4, 0.5) is 0 Å². The first-order valence-corrected chi connectivity index (χ1v) is 10.0. The van der Waals surface area contributed by atoms with Gasteiger partial charge in [-0.1, -0.05) is 30.3 Å². The highest BCUT2D eigenvalue weighted by Crippen LogP contribution is 2.22. The predicted molar refractivity (Wildman–Crippen MR) is 80.0 cm³/mol. The zero-order valence-electron chi connectivity index (χ0n) is 12.1. The van der Waals surface area contributed by atoms with E-state index in [1.807, 2.05) is 30.3 Å². The summed E-state index contributed by atoms with van der Waals surface area (Å²) < 4.78 is 53.5. The molecule has 0 saturated heterocycles. The largest absolute Gasteiger partial charge is 0.270 e. The molecule has 0 aliphatic rings. The Morgan fingerprint density at radius 1 is 0.952 bits per heavy atom. The molecule has 0 aromatic heterocycles. The van der Waals surface area contributed by atoms with Crippen molar-refractivity contribution in [1.82, 2.24) is 0 Å². The van der Waals surface area contributed by atoms with Gasteiger partial charge in [-0.3, -0.25) is 8.37 Å². The molecule has 1 aromatic rings. The highest BCUT2D eigenvalue weighted by Gasteiger charge is 2.15. The van der Waals surface area contributed by atoms with Crippen molar-refractivity contribution in [3.63, 3.8) is 0 Å². The van der Waals surface area contributed by atoms with Crippen LogP contribution in [0.5, 0.6) is 0 Å². The van der Waals surface area contributed by atoms with Crippen molar-refractivity contribution in [2.24, 2.45) is 0 Å². The van der Waals surface area contributed by atoms with E-state index < -0.39 is 20.2 Å². The third kappa shape index (κ3) is 8.82. The highest BCUT2D eigenvalue weighted by molar-refractivity contribution is 7.86. The maximum absolute atomic E-state index is 11.1. The Balaban J connectivity index is 2.60. The molecule has 0 fully saturated rings. The minimum absolute atomic E-state index is 0.0295. The lowest BCUT2D eigenvalue weighted by molar-refractivity contribution is 0.267. The lowest BCUT2D eigenvalue weighted by atomic mass is 9.95. The SMILES string of the molecule is CS(=O)(=O)OCCCC(COS(C)(=O)=O)c1ccccc1. The van der Waals surface area contributed by atoms with E-state index in [-0.39, 0.29) is 19.1 Å². The van der Waals surface area contributed by atoms with Crippen molar-refractivity contribution in [1.29, 1.82) is 0 Å². The molecule has 0 spiro atoms. The van der Waals surface area contributed by atoms with Gasteiger partial charge in [0.25, 0.3) is 20.2 Å². The Kier molecular flexibility index (Phi) is 6.79. The van der Waals surface area contributed by atoms with Crippen LogP contribution in [0, 0.1) is 0 Å². The topological polar surface area (TPSA) is 86.7 Å². The molecule has 6 nitrogen and oxygen atoms in total. The second-order valence-electron chi connectivity index (χ2n) is 4.76. The Morgan fingerprint density at radius 2 is 1.52 bits per heavy atom. The molecule has 0 bridgehead atoms. The second kappa shape index (κ2) is 7.88. The summed E-state index contributed by atoms with van der Waals surface area (Å²) in [7, 11) is -6.96. The average Bonchev–Trinajstić information content (AvgIpc) is 2.36. The van der Waals surface area contributed by atoms with Crippen molar-refractivity contribution in [3.8, 4) is 0 Å². The van der Waals surface area contributed by atoms with Crippen LogP contribution in [0.15, 0.2) is 30.3 Å². The van der Waals surface area contributed by atoms with E-state index in [4.69, 9.17) is 4.18 Å². The maximum atomic E-state index is 11.1. The van der Waals surface area contributed by atoms with Crippen LogP contribution in [-0.2, 0) is 28.6 Å². The van der Waals surface area contributed by atoms with Crippen LogP contribution in [0.3, 0.4) is 0 Å². The lowest BCUT2D eigenvalue weighted by Crippen LogP contribution is -2.13. The Hall–Kier alpha value is -0.960. The molecule has 120 valence electrons. The normalized spacial score (nSPS) is 14.0. The highest BCUT2D eigenvalue weighted by atomic mass is 32.2. The van der Waals surface area contributed by atoms with Crippen LogP contribution >= 0.6 is 0 Å². The minimum Gasteiger partial charge on any atom is -0.270 e.